The third-order valence-corrected chi connectivity index (χ3v) is 1.32. The van der Waals surface area contributed by atoms with E-state index in [4.69, 9.17) is 0 Å². The second-order valence-electron chi connectivity index (χ2n) is 2.01. The van der Waals surface area contributed by atoms with E-state index in [0.717, 1.165) is 0 Å². The average molecular weight is 156 g/mol. The third kappa shape index (κ3) is 2.58. The van der Waals surface area contributed by atoms with Crippen LogP contribution in [0, 0.1) is 0 Å². The Bertz CT molecular complexity index is 190. The predicted molar refractivity (Wildman–Crippen MR) is 41.0 cm³/mol. The maximum absolute atomic E-state index is 10.8. The van der Waals surface area contributed by atoms with E-state index >= 15 is 0 Å². The second-order valence-corrected chi connectivity index (χ2v) is 2.01. The molecular weight excluding hydrogens is 144 g/mol. The van der Waals surface area contributed by atoms with Gasteiger partial charge in [-0.15, -0.1) is 5.73 Å². The van der Waals surface area contributed by atoms with E-state index in [-0.39, 0.29) is 5.57 Å². The van der Waals surface area contributed by atoms with Gasteiger partial charge in [0, 0.05) is 0 Å². The van der Waals surface area contributed by atoms with E-state index in [1.54, 1.807) is 6.92 Å². The first-order valence-corrected chi connectivity index (χ1v) is 3.33. The molecule has 1 unspecified atom stereocenters. The normalized spacial score (nSPS) is 11.5. The Labute approximate surface area is 66.0 Å². The first-order valence-electron chi connectivity index (χ1n) is 3.33. The Balaban J connectivity index is 4.43. The summed E-state index contributed by atoms with van der Waals surface area (Å²) < 4.78 is 4.39. The summed E-state index contributed by atoms with van der Waals surface area (Å²) in [5.41, 5.74) is 2.44. The SMILES string of the molecule is C=C=C(C(=O)OC)C(O)CC. The number of aliphatic hydroxyl groups is 1. The Morgan fingerprint density at radius 2 is 2.36 bits per heavy atom. The maximum Gasteiger partial charge on any atom is 0.344 e. The molecule has 1 N–H and O–H groups in total. The third-order valence-electron chi connectivity index (χ3n) is 1.32. The van der Waals surface area contributed by atoms with Crippen molar-refractivity contribution in [3.63, 3.8) is 0 Å². The van der Waals surface area contributed by atoms with E-state index in [2.05, 4.69) is 17.0 Å². The topological polar surface area (TPSA) is 46.5 Å². The van der Waals surface area contributed by atoms with Crippen LogP contribution in [0.1, 0.15) is 13.3 Å². The number of esters is 1. The lowest BCUT2D eigenvalue weighted by molar-refractivity contribution is -0.137. The number of rotatable bonds is 3. The highest BCUT2D eigenvalue weighted by Gasteiger charge is 2.16. The summed E-state index contributed by atoms with van der Waals surface area (Å²) in [5.74, 6) is -0.575. The lowest BCUT2D eigenvalue weighted by Gasteiger charge is -2.07. The van der Waals surface area contributed by atoms with E-state index in [9.17, 15) is 9.90 Å². The monoisotopic (exact) mass is 156 g/mol. The van der Waals surface area contributed by atoms with Crippen LogP contribution < -0.4 is 0 Å². The quantitative estimate of drug-likeness (QED) is 0.370. The fourth-order valence-corrected chi connectivity index (χ4v) is 0.640. The minimum atomic E-state index is -0.819. The van der Waals surface area contributed by atoms with Crippen molar-refractivity contribution in [3.8, 4) is 0 Å². The molecule has 0 aromatic carbocycles. The molecule has 0 saturated heterocycles. The summed E-state index contributed by atoms with van der Waals surface area (Å²) in [6.07, 6.45) is -0.368. The zero-order valence-corrected chi connectivity index (χ0v) is 6.76. The van der Waals surface area contributed by atoms with Crippen LogP contribution in [-0.4, -0.2) is 24.3 Å². The lowest BCUT2D eigenvalue weighted by Crippen LogP contribution is -2.17. The highest BCUT2D eigenvalue weighted by atomic mass is 16.5. The van der Waals surface area contributed by atoms with Gasteiger partial charge in [0.15, 0.2) is 0 Å². The Hall–Kier alpha value is -1.05. The molecule has 0 heterocycles. The predicted octanol–water partition coefficient (Wildman–Crippen LogP) is 0.642. The van der Waals surface area contributed by atoms with Crippen LogP contribution in [-0.2, 0) is 9.53 Å². The molecule has 0 aliphatic heterocycles. The van der Waals surface area contributed by atoms with E-state index in [1.165, 1.54) is 7.11 Å². The van der Waals surface area contributed by atoms with E-state index in [1.807, 2.05) is 0 Å². The van der Waals surface area contributed by atoms with Gasteiger partial charge in [0.1, 0.15) is 5.57 Å². The Kier molecular flexibility index (Phi) is 4.27. The summed E-state index contributed by atoms with van der Waals surface area (Å²) >= 11 is 0. The lowest BCUT2D eigenvalue weighted by atomic mass is 10.1. The molecule has 0 amide bonds. The zero-order chi connectivity index (χ0) is 8.85. The summed E-state index contributed by atoms with van der Waals surface area (Å²) in [4.78, 5) is 10.8. The largest absolute Gasteiger partial charge is 0.465 e. The molecule has 0 aromatic rings. The second kappa shape index (κ2) is 4.72. The van der Waals surface area contributed by atoms with Crippen molar-refractivity contribution in [1.82, 2.24) is 0 Å². The summed E-state index contributed by atoms with van der Waals surface area (Å²) in [7, 11) is 1.25. The molecule has 0 fully saturated rings. The molecule has 62 valence electrons. The summed E-state index contributed by atoms with van der Waals surface area (Å²) in [6.45, 7) is 5.03. The number of aliphatic hydroxyl groups excluding tert-OH is 1. The first kappa shape index (κ1) is 9.95. The van der Waals surface area contributed by atoms with Crippen molar-refractivity contribution < 1.29 is 14.6 Å². The van der Waals surface area contributed by atoms with Gasteiger partial charge in [-0.25, -0.2) is 4.79 Å². The number of ether oxygens (including phenoxy) is 1. The minimum absolute atomic E-state index is 0.0926. The average Bonchev–Trinajstić information content (AvgIpc) is 2.05. The molecule has 0 radical (unpaired) electrons. The van der Waals surface area contributed by atoms with Crippen molar-refractivity contribution in [2.24, 2.45) is 0 Å². The Morgan fingerprint density at radius 3 is 2.64 bits per heavy atom. The molecule has 0 aromatic heterocycles. The molecule has 0 rings (SSSR count). The molecule has 3 heteroatoms. The summed E-state index contributed by atoms with van der Waals surface area (Å²) in [5, 5.41) is 9.18. The molecule has 0 spiro atoms. The smallest absolute Gasteiger partial charge is 0.344 e. The minimum Gasteiger partial charge on any atom is -0.465 e. The fourth-order valence-electron chi connectivity index (χ4n) is 0.640. The van der Waals surface area contributed by atoms with Gasteiger partial charge in [0.25, 0.3) is 0 Å². The molecule has 0 aliphatic rings. The van der Waals surface area contributed by atoms with Crippen LogP contribution in [0.2, 0.25) is 0 Å². The van der Waals surface area contributed by atoms with Crippen LogP contribution in [0.25, 0.3) is 0 Å². The molecular formula is C8H12O3. The van der Waals surface area contributed by atoms with Crippen molar-refractivity contribution in [2.75, 3.05) is 7.11 Å². The van der Waals surface area contributed by atoms with Gasteiger partial charge in [-0.1, -0.05) is 13.5 Å². The van der Waals surface area contributed by atoms with Gasteiger partial charge in [-0.2, -0.15) is 0 Å². The highest BCUT2D eigenvalue weighted by Crippen LogP contribution is 2.05. The van der Waals surface area contributed by atoms with Crippen LogP contribution in [0.5, 0.6) is 0 Å². The summed E-state index contributed by atoms with van der Waals surface area (Å²) in [6, 6.07) is 0. The van der Waals surface area contributed by atoms with Crippen molar-refractivity contribution in [2.45, 2.75) is 19.4 Å². The van der Waals surface area contributed by atoms with Crippen LogP contribution in [0.15, 0.2) is 17.9 Å². The van der Waals surface area contributed by atoms with Crippen molar-refractivity contribution in [3.05, 3.63) is 17.9 Å². The molecule has 0 bridgehead atoms. The highest BCUT2D eigenvalue weighted by molar-refractivity contribution is 5.89. The van der Waals surface area contributed by atoms with Gasteiger partial charge in [0.05, 0.1) is 13.2 Å². The number of methoxy groups -OCH3 is 1. The molecule has 1 atom stereocenters. The number of carbonyl (C=O) groups excluding carboxylic acids is 1. The van der Waals surface area contributed by atoms with Gasteiger partial charge < -0.3 is 9.84 Å². The molecule has 0 aliphatic carbocycles. The standard InChI is InChI=1S/C8H12O3/c1-4-6(7(9)5-2)8(10)11-3/h7,9H,1,5H2,2-3H3. The van der Waals surface area contributed by atoms with Crippen molar-refractivity contribution in [1.29, 1.82) is 0 Å². The van der Waals surface area contributed by atoms with Gasteiger partial charge >= 0.3 is 5.97 Å². The van der Waals surface area contributed by atoms with Crippen LogP contribution in [0.4, 0.5) is 0 Å². The molecule has 3 nitrogen and oxygen atoms in total. The maximum atomic E-state index is 10.8. The van der Waals surface area contributed by atoms with Gasteiger partial charge in [-0.05, 0) is 6.42 Å². The fraction of sp³-hybridized carbons (Fsp3) is 0.500. The van der Waals surface area contributed by atoms with Gasteiger partial charge in [0.2, 0.25) is 0 Å². The van der Waals surface area contributed by atoms with Crippen LogP contribution >= 0.6 is 0 Å². The van der Waals surface area contributed by atoms with E-state index < -0.39 is 12.1 Å². The zero-order valence-electron chi connectivity index (χ0n) is 6.76. The molecule has 11 heavy (non-hydrogen) atoms. The van der Waals surface area contributed by atoms with E-state index in [0.29, 0.717) is 6.42 Å². The number of carbonyl (C=O) groups is 1. The van der Waals surface area contributed by atoms with Gasteiger partial charge in [-0.3, -0.25) is 0 Å². The number of hydrogen-bond acceptors (Lipinski definition) is 3. The number of hydrogen-bond donors (Lipinski definition) is 1. The Morgan fingerprint density at radius 1 is 1.82 bits per heavy atom. The van der Waals surface area contributed by atoms with Crippen molar-refractivity contribution >= 4 is 5.97 Å². The first-order chi connectivity index (χ1) is 5.17. The molecule has 0 saturated carbocycles. The van der Waals surface area contributed by atoms with Crippen LogP contribution in [0.3, 0.4) is 0 Å².